The SMILES string of the molecule is C=CCCCCN(C)C(=O)[C@@H]1C[C@H](OC(=O)Nc2cc(C(F)(F)F)ccc2-c2nc(CC)cs2)C[C@H]1C(=O)N[C@]1(C(=O)NS(=O)(=O)C2CC2)C[C@H]1C=C. The van der Waals surface area contributed by atoms with Crippen molar-refractivity contribution in [3.63, 3.8) is 0 Å². The van der Waals surface area contributed by atoms with Crippen molar-refractivity contribution in [3.8, 4) is 10.6 Å². The van der Waals surface area contributed by atoms with E-state index in [2.05, 4.69) is 33.5 Å². The summed E-state index contributed by atoms with van der Waals surface area (Å²) >= 11 is 1.21. The molecule has 0 unspecified atom stereocenters. The van der Waals surface area contributed by atoms with Crippen molar-refractivity contribution in [3.05, 3.63) is 60.1 Å². The largest absolute Gasteiger partial charge is 0.446 e. The van der Waals surface area contributed by atoms with Crippen molar-refractivity contribution in [1.29, 1.82) is 0 Å². The summed E-state index contributed by atoms with van der Waals surface area (Å²) in [5, 5.41) is 6.61. The van der Waals surface area contributed by atoms with Crippen molar-refractivity contribution in [2.24, 2.45) is 17.8 Å². The van der Waals surface area contributed by atoms with E-state index in [1.165, 1.54) is 28.4 Å². The number of unbranched alkanes of at least 4 members (excludes halogenated alkanes) is 2. The fraction of sp³-hybridized carbons (Fsp3) is 0.528. The number of benzene rings is 1. The molecule has 1 aromatic heterocycles. The molecule has 12 nitrogen and oxygen atoms in total. The summed E-state index contributed by atoms with van der Waals surface area (Å²) in [6.07, 6.45) is -0.0567. The smallest absolute Gasteiger partial charge is 0.416 e. The highest BCUT2D eigenvalue weighted by molar-refractivity contribution is 7.91. The lowest BCUT2D eigenvalue weighted by molar-refractivity contribution is -0.140. The van der Waals surface area contributed by atoms with E-state index >= 15 is 0 Å². The number of ether oxygens (including phenoxy) is 1. The Morgan fingerprint density at radius 2 is 1.85 bits per heavy atom. The Labute approximate surface area is 310 Å². The second-order valence-corrected chi connectivity index (χ2v) is 16.6. The number of rotatable bonds is 16. The van der Waals surface area contributed by atoms with Crippen LogP contribution in [0.4, 0.5) is 23.7 Å². The third-order valence-electron chi connectivity index (χ3n) is 9.95. The van der Waals surface area contributed by atoms with Crippen molar-refractivity contribution in [2.45, 2.75) is 87.8 Å². The molecular formula is C36H44F3N5O7S2. The van der Waals surface area contributed by atoms with E-state index in [0.717, 1.165) is 30.7 Å². The minimum absolute atomic E-state index is 0.0801. The molecule has 3 fully saturated rings. The van der Waals surface area contributed by atoms with Crippen LogP contribution in [0.3, 0.4) is 0 Å². The van der Waals surface area contributed by atoms with E-state index < -0.39 is 80.2 Å². The Bertz CT molecular complexity index is 1860. The maximum atomic E-state index is 14.0. The first-order valence-electron chi connectivity index (χ1n) is 17.5. The number of carbonyl (C=O) groups excluding carboxylic acids is 4. The molecule has 3 saturated carbocycles. The van der Waals surface area contributed by atoms with Crippen LogP contribution >= 0.6 is 11.3 Å². The van der Waals surface area contributed by atoms with Crippen LogP contribution in [0.1, 0.15) is 69.5 Å². The highest BCUT2D eigenvalue weighted by Crippen LogP contribution is 2.46. The number of carbonyl (C=O) groups is 4. The van der Waals surface area contributed by atoms with Gasteiger partial charge in [0.15, 0.2) is 0 Å². The van der Waals surface area contributed by atoms with Crippen molar-refractivity contribution in [2.75, 3.05) is 18.9 Å². The van der Waals surface area contributed by atoms with Gasteiger partial charge in [0.2, 0.25) is 21.8 Å². The summed E-state index contributed by atoms with van der Waals surface area (Å²) in [5.41, 5.74) is -1.79. The highest BCUT2D eigenvalue weighted by atomic mass is 32.2. The molecule has 3 aliphatic carbocycles. The van der Waals surface area contributed by atoms with Crippen LogP contribution in [0.25, 0.3) is 10.6 Å². The van der Waals surface area contributed by atoms with E-state index in [9.17, 15) is 40.8 Å². The van der Waals surface area contributed by atoms with Gasteiger partial charge in [-0.3, -0.25) is 24.4 Å². The Morgan fingerprint density at radius 1 is 1.13 bits per heavy atom. The quantitative estimate of drug-likeness (QED) is 0.142. The number of alkyl halides is 3. The topological polar surface area (TPSA) is 164 Å². The Kier molecular flexibility index (Phi) is 12.1. The van der Waals surface area contributed by atoms with Crippen molar-refractivity contribution in [1.82, 2.24) is 19.9 Å². The van der Waals surface area contributed by atoms with Crippen LogP contribution in [0.2, 0.25) is 0 Å². The third kappa shape index (κ3) is 9.28. The maximum Gasteiger partial charge on any atom is 0.416 e. The number of hydrogen-bond acceptors (Lipinski definition) is 9. The molecule has 1 aromatic carbocycles. The van der Waals surface area contributed by atoms with E-state index in [1.807, 2.05) is 6.92 Å². The minimum Gasteiger partial charge on any atom is -0.446 e. The van der Waals surface area contributed by atoms with Crippen molar-refractivity contribution >= 4 is 50.9 Å². The zero-order valence-electron chi connectivity index (χ0n) is 29.5. The third-order valence-corrected chi connectivity index (χ3v) is 12.7. The number of hydrogen-bond donors (Lipinski definition) is 3. The molecule has 3 aliphatic rings. The molecule has 1 heterocycles. The summed E-state index contributed by atoms with van der Waals surface area (Å²) < 4.78 is 74.0. The van der Waals surface area contributed by atoms with Crippen LogP contribution in [0.5, 0.6) is 0 Å². The van der Waals surface area contributed by atoms with Crippen LogP contribution < -0.4 is 15.4 Å². The number of nitrogens with zero attached hydrogens (tertiary/aromatic N) is 2. The lowest BCUT2D eigenvalue weighted by Gasteiger charge is -2.26. The highest BCUT2D eigenvalue weighted by Gasteiger charge is 2.62. The standard InChI is InChI=1S/C36H44F3N5O7S2/c1-5-8-9-10-15-44(4)32(46)28-18-24(17-27(28)30(45)42-35(19-21(35)6-2)33(47)43-53(49,50)25-12-13-25)51-34(48)41-29-16-22(36(37,38)39)11-14-26(29)31-40-23(7-3)20-52-31/h5-6,11,14,16,20-21,24-25,27-28H,1-2,7-10,12-13,15,17-19H2,3-4H3,(H,41,48)(H,42,45)(H,43,47)/t21-,24-,27-,28-,35-/m1/s1. The number of thiazole rings is 1. The molecule has 3 N–H and O–H groups in total. The van der Waals surface area contributed by atoms with Gasteiger partial charge in [0.05, 0.1) is 34.0 Å². The minimum atomic E-state index is -4.70. The number of aryl methyl sites for hydroxylation is 1. The molecule has 53 heavy (non-hydrogen) atoms. The predicted octanol–water partition coefficient (Wildman–Crippen LogP) is 5.82. The predicted molar refractivity (Wildman–Crippen MR) is 193 cm³/mol. The first kappa shape index (κ1) is 39.9. The molecule has 0 saturated heterocycles. The monoisotopic (exact) mass is 779 g/mol. The van der Waals surface area contributed by atoms with Crippen LogP contribution in [-0.2, 0) is 41.7 Å². The zero-order valence-corrected chi connectivity index (χ0v) is 31.2. The number of allylic oxidation sites excluding steroid dienone is 1. The molecular weight excluding hydrogens is 736 g/mol. The molecule has 0 aliphatic heterocycles. The Morgan fingerprint density at radius 3 is 2.45 bits per heavy atom. The van der Waals surface area contributed by atoms with E-state index in [1.54, 1.807) is 18.5 Å². The number of anilines is 1. The summed E-state index contributed by atoms with van der Waals surface area (Å²) in [5.74, 6) is -4.61. The molecule has 5 atom stereocenters. The van der Waals surface area contributed by atoms with Gasteiger partial charge in [-0.15, -0.1) is 24.5 Å². The summed E-state index contributed by atoms with van der Waals surface area (Å²) in [6, 6.07) is 2.92. The van der Waals surface area contributed by atoms with Gasteiger partial charge in [0.1, 0.15) is 16.7 Å². The van der Waals surface area contributed by atoms with Gasteiger partial charge in [-0.2, -0.15) is 13.2 Å². The Hall–Kier alpha value is -4.25. The van der Waals surface area contributed by atoms with Gasteiger partial charge >= 0.3 is 12.3 Å². The van der Waals surface area contributed by atoms with Gasteiger partial charge in [-0.05, 0) is 76.0 Å². The fourth-order valence-corrected chi connectivity index (χ4v) is 8.91. The van der Waals surface area contributed by atoms with Crippen LogP contribution in [-0.4, -0.2) is 72.6 Å². The average Bonchev–Trinajstić information content (AvgIpc) is 3.99. The molecule has 17 heteroatoms. The molecule has 288 valence electrons. The number of amides is 4. The molecule has 5 rings (SSSR count). The van der Waals surface area contributed by atoms with Gasteiger partial charge in [-0.1, -0.05) is 19.1 Å². The number of nitrogens with one attached hydrogen (secondary N) is 3. The van der Waals surface area contributed by atoms with E-state index in [0.29, 0.717) is 37.2 Å². The lowest BCUT2D eigenvalue weighted by atomic mass is 9.93. The van der Waals surface area contributed by atoms with E-state index in [-0.39, 0.29) is 30.5 Å². The second kappa shape index (κ2) is 16.0. The Balaban J connectivity index is 1.35. The fourth-order valence-electron chi connectivity index (χ4n) is 6.60. The molecule has 2 aromatic rings. The number of halogens is 3. The maximum absolute atomic E-state index is 14.0. The van der Waals surface area contributed by atoms with Crippen LogP contribution in [0.15, 0.2) is 48.9 Å². The second-order valence-electron chi connectivity index (χ2n) is 13.8. The van der Waals surface area contributed by atoms with Crippen molar-refractivity contribution < 1.29 is 45.5 Å². The number of sulfonamides is 1. The zero-order chi connectivity index (χ0) is 38.7. The van der Waals surface area contributed by atoms with Gasteiger partial charge < -0.3 is 15.0 Å². The normalized spacial score (nSPS) is 23.8. The summed E-state index contributed by atoms with van der Waals surface area (Å²) in [7, 11) is -2.33. The first-order valence-corrected chi connectivity index (χ1v) is 20.0. The first-order chi connectivity index (χ1) is 25.0. The average molecular weight is 780 g/mol. The van der Waals surface area contributed by atoms with E-state index in [4.69, 9.17) is 4.74 Å². The molecule has 0 bridgehead atoms. The van der Waals surface area contributed by atoms with Gasteiger partial charge in [-0.25, -0.2) is 18.2 Å². The lowest BCUT2D eigenvalue weighted by Crippen LogP contribution is -2.54. The summed E-state index contributed by atoms with van der Waals surface area (Å²) in [6.45, 7) is 9.67. The van der Waals surface area contributed by atoms with Gasteiger partial charge in [0, 0.05) is 30.5 Å². The molecule has 4 amide bonds. The molecule has 0 radical (unpaired) electrons. The van der Waals surface area contributed by atoms with Crippen LogP contribution in [0, 0.1) is 17.8 Å². The molecule has 0 spiro atoms. The number of aromatic nitrogens is 1. The summed E-state index contributed by atoms with van der Waals surface area (Å²) in [4.78, 5) is 60.3. The van der Waals surface area contributed by atoms with Gasteiger partial charge in [0.25, 0.3) is 5.91 Å².